The molecular weight excluding hydrogens is 312 g/mol. The Balaban J connectivity index is 2.04. The van der Waals surface area contributed by atoms with Gasteiger partial charge in [-0.1, -0.05) is 36.4 Å². The third-order valence-electron chi connectivity index (χ3n) is 3.85. The SMILES string of the molecule is COc1ccc(C(C)=NN(c2ccccc2)c2ccccc2)c(O)c1. The van der Waals surface area contributed by atoms with E-state index in [-0.39, 0.29) is 5.75 Å². The van der Waals surface area contributed by atoms with Crippen molar-refractivity contribution in [3.63, 3.8) is 0 Å². The highest BCUT2D eigenvalue weighted by atomic mass is 16.5. The molecule has 3 aromatic carbocycles. The molecule has 0 atom stereocenters. The van der Waals surface area contributed by atoms with Gasteiger partial charge in [-0.25, -0.2) is 5.01 Å². The van der Waals surface area contributed by atoms with E-state index in [4.69, 9.17) is 9.84 Å². The summed E-state index contributed by atoms with van der Waals surface area (Å²) in [6, 6.07) is 25.0. The molecule has 0 saturated heterocycles. The number of nitrogens with zero attached hydrogens (tertiary/aromatic N) is 2. The fourth-order valence-corrected chi connectivity index (χ4v) is 2.55. The monoisotopic (exact) mass is 332 g/mol. The number of hydrogen-bond acceptors (Lipinski definition) is 4. The molecule has 0 unspecified atom stereocenters. The molecule has 126 valence electrons. The van der Waals surface area contributed by atoms with Crippen LogP contribution < -0.4 is 9.75 Å². The second kappa shape index (κ2) is 7.53. The van der Waals surface area contributed by atoms with Crippen LogP contribution in [0.4, 0.5) is 11.4 Å². The van der Waals surface area contributed by atoms with E-state index in [0.717, 1.165) is 11.4 Å². The van der Waals surface area contributed by atoms with E-state index < -0.39 is 0 Å². The minimum absolute atomic E-state index is 0.140. The number of benzene rings is 3. The van der Waals surface area contributed by atoms with Gasteiger partial charge in [-0.2, -0.15) is 5.10 Å². The van der Waals surface area contributed by atoms with E-state index in [0.29, 0.717) is 17.0 Å². The fourth-order valence-electron chi connectivity index (χ4n) is 2.55. The standard InChI is InChI=1S/C21H20N2O2/c1-16(20-14-13-19(25-2)15-21(20)24)22-23(17-9-5-3-6-10-17)18-11-7-4-8-12-18/h3-15,24H,1-2H3. The van der Waals surface area contributed by atoms with E-state index in [1.165, 1.54) is 0 Å². The maximum atomic E-state index is 10.3. The van der Waals surface area contributed by atoms with Crippen molar-refractivity contribution in [2.24, 2.45) is 5.10 Å². The molecule has 0 aliphatic rings. The second-order valence-corrected chi connectivity index (χ2v) is 5.55. The zero-order valence-corrected chi connectivity index (χ0v) is 14.3. The van der Waals surface area contributed by atoms with E-state index in [1.807, 2.05) is 78.7 Å². The molecule has 0 heterocycles. The molecule has 0 aromatic heterocycles. The summed E-state index contributed by atoms with van der Waals surface area (Å²) in [5, 5.41) is 16.9. The summed E-state index contributed by atoms with van der Waals surface area (Å²) < 4.78 is 5.14. The van der Waals surface area contributed by atoms with Gasteiger partial charge in [0.05, 0.1) is 24.2 Å². The van der Waals surface area contributed by atoms with Gasteiger partial charge in [-0.05, 0) is 43.3 Å². The van der Waals surface area contributed by atoms with E-state index in [2.05, 4.69) is 0 Å². The molecule has 3 rings (SSSR count). The Morgan fingerprint density at radius 3 is 1.92 bits per heavy atom. The van der Waals surface area contributed by atoms with Crippen molar-refractivity contribution >= 4 is 17.1 Å². The summed E-state index contributed by atoms with van der Waals surface area (Å²) in [5.41, 5.74) is 3.26. The normalized spacial score (nSPS) is 11.2. The molecule has 0 aliphatic heterocycles. The van der Waals surface area contributed by atoms with Crippen molar-refractivity contribution in [2.75, 3.05) is 12.1 Å². The third-order valence-corrected chi connectivity index (χ3v) is 3.85. The molecule has 3 aromatic rings. The summed E-state index contributed by atoms with van der Waals surface area (Å²) in [6.45, 7) is 1.88. The number of phenolic OH excluding ortho intramolecular Hbond substituents is 1. The average Bonchev–Trinajstić information content (AvgIpc) is 2.67. The van der Waals surface area contributed by atoms with Crippen LogP contribution in [0.15, 0.2) is 84.0 Å². The molecule has 0 saturated carbocycles. The molecule has 0 bridgehead atoms. The zero-order valence-electron chi connectivity index (χ0n) is 14.3. The Kier molecular flexibility index (Phi) is 5.00. The minimum Gasteiger partial charge on any atom is -0.507 e. The lowest BCUT2D eigenvalue weighted by atomic mass is 10.1. The number of para-hydroxylation sites is 2. The molecule has 0 amide bonds. The first kappa shape index (κ1) is 16.6. The predicted molar refractivity (Wildman–Crippen MR) is 102 cm³/mol. The molecule has 0 fully saturated rings. The van der Waals surface area contributed by atoms with Crippen LogP contribution in [0.1, 0.15) is 12.5 Å². The van der Waals surface area contributed by atoms with E-state index >= 15 is 0 Å². The number of rotatable bonds is 5. The molecule has 0 aliphatic carbocycles. The van der Waals surface area contributed by atoms with Crippen LogP contribution in [-0.4, -0.2) is 17.9 Å². The van der Waals surface area contributed by atoms with Gasteiger partial charge in [0.1, 0.15) is 11.5 Å². The summed E-state index contributed by atoms with van der Waals surface area (Å²) in [5.74, 6) is 0.749. The number of ether oxygens (including phenoxy) is 1. The molecule has 1 N–H and O–H groups in total. The van der Waals surface area contributed by atoms with Gasteiger partial charge in [-0.15, -0.1) is 0 Å². The van der Waals surface area contributed by atoms with Crippen molar-refractivity contribution in [2.45, 2.75) is 6.92 Å². The number of phenols is 1. The van der Waals surface area contributed by atoms with Gasteiger partial charge in [-0.3, -0.25) is 0 Å². The number of hydrazone groups is 1. The van der Waals surface area contributed by atoms with Crippen molar-refractivity contribution in [3.8, 4) is 11.5 Å². The number of anilines is 2. The van der Waals surface area contributed by atoms with Crippen molar-refractivity contribution in [3.05, 3.63) is 84.4 Å². The van der Waals surface area contributed by atoms with Crippen LogP contribution in [0.5, 0.6) is 11.5 Å². The maximum Gasteiger partial charge on any atom is 0.128 e. The Morgan fingerprint density at radius 2 is 1.44 bits per heavy atom. The quantitative estimate of drug-likeness (QED) is 0.530. The van der Waals surface area contributed by atoms with E-state index in [1.54, 1.807) is 19.2 Å². The zero-order chi connectivity index (χ0) is 17.6. The largest absolute Gasteiger partial charge is 0.507 e. The highest BCUT2D eigenvalue weighted by Gasteiger charge is 2.11. The number of methoxy groups -OCH3 is 1. The summed E-state index contributed by atoms with van der Waals surface area (Å²) >= 11 is 0. The summed E-state index contributed by atoms with van der Waals surface area (Å²) in [4.78, 5) is 0. The van der Waals surface area contributed by atoms with Gasteiger partial charge in [0.25, 0.3) is 0 Å². The Bertz CT molecular complexity index is 822. The minimum atomic E-state index is 0.140. The molecular formula is C21H20N2O2. The van der Waals surface area contributed by atoms with Gasteiger partial charge < -0.3 is 9.84 Å². The highest BCUT2D eigenvalue weighted by Crippen LogP contribution is 2.28. The van der Waals surface area contributed by atoms with Crippen molar-refractivity contribution < 1.29 is 9.84 Å². The van der Waals surface area contributed by atoms with Gasteiger partial charge in [0.2, 0.25) is 0 Å². The third kappa shape index (κ3) is 3.80. The lowest BCUT2D eigenvalue weighted by Gasteiger charge is -2.20. The highest BCUT2D eigenvalue weighted by molar-refractivity contribution is 6.02. The average molecular weight is 332 g/mol. The maximum absolute atomic E-state index is 10.3. The first-order valence-electron chi connectivity index (χ1n) is 8.02. The van der Waals surface area contributed by atoms with Crippen LogP contribution in [0.3, 0.4) is 0 Å². The van der Waals surface area contributed by atoms with Gasteiger partial charge in [0, 0.05) is 11.6 Å². The molecule has 25 heavy (non-hydrogen) atoms. The van der Waals surface area contributed by atoms with Crippen molar-refractivity contribution in [1.29, 1.82) is 0 Å². The van der Waals surface area contributed by atoms with Crippen LogP contribution >= 0.6 is 0 Å². The van der Waals surface area contributed by atoms with Crippen molar-refractivity contribution in [1.82, 2.24) is 0 Å². The van der Waals surface area contributed by atoms with E-state index in [9.17, 15) is 5.11 Å². The Morgan fingerprint density at radius 1 is 0.880 bits per heavy atom. The molecule has 4 nitrogen and oxygen atoms in total. The van der Waals surface area contributed by atoms with Gasteiger partial charge >= 0.3 is 0 Å². The lowest BCUT2D eigenvalue weighted by molar-refractivity contribution is 0.407. The topological polar surface area (TPSA) is 45.1 Å². The Hall–Kier alpha value is -3.27. The lowest BCUT2D eigenvalue weighted by Crippen LogP contribution is -2.12. The molecule has 0 spiro atoms. The smallest absolute Gasteiger partial charge is 0.128 e. The number of hydrogen-bond donors (Lipinski definition) is 1. The van der Waals surface area contributed by atoms with Crippen LogP contribution in [0.25, 0.3) is 0 Å². The van der Waals surface area contributed by atoms with Crippen LogP contribution in [0.2, 0.25) is 0 Å². The number of aromatic hydroxyl groups is 1. The first-order chi connectivity index (χ1) is 12.2. The molecule has 0 radical (unpaired) electrons. The molecule has 4 heteroatoms. The summed E-state index contributed by atoms with van der Waals surface area (Å²) in [7, 11) is 1.57. The Labute approximate surface area is 147 Å². The predicted octanol–water partition coefficient (Wildman–Crippen LogP) is 4.96. The summed E-state index contributed by atoms with van der Waals surface area (Å²) in [6.07, 6.45) is 0. The van der Waals surface area contributed by atoms with Crippen LogP contribution in [-0.2, 0) is 0 Å². The fraction of sp³-hybridized carbons (Fsp3) is 0.0952. The van der Waals surface area contributed by atoms with Crippen LogP contribution in [0, 0.1) is 0 Å². The first-order valence-corrected chi connectivity index (χ1v) is 8.02. The second-order valence-electron chi connectivity index (χ2n) is 5.55. The van der Waals surface area contributed by atoms with Gasteiger partial charge in [0.15, 0.2) is 0 Å².